The number of nitrogens with zero attached hydrogens (tertiary/aromatic N) is 4. The van der Waals surface area contributed by atoms with Crippen molar-refractivity contribution in [3.8, 4) is 11.1 Å². The summed E-state index contributed by atoms with van der Waals surface area (Å²) in [6.45, 7) is 0.305. The van der Waals surface area contributed by atoms with Gasteiger partial charge < -0.3 is 4.74 Å². The highest BCUT2D eigenvalue weighted by Gasteiger charge is 2.19. The van der Waals surface area contributed by atoms with Crippen molar-refractivity contribution >= 4 is 22.5 Å². The first kappa shape index (κ1) is 19.7. The Hall–Kier alpha value is -4.30. The fraction of sp³-hybridized carbons (Fsp3) is 0.0833. The average molecular weight is 425 g/mol. The van der Waals surface area contributed by atoms with Gasteiger partial charge in [-0.3, -0.25) is 15.0 Å². The second-order valence-electron chi connectivity index (χ2n) is 7.21. The number of benzene rings is 2. The van der Waals surface area contributed by atoms with Gasteiger partial charge in [0.2, 0.25) is 0 Å². The zero-order valence-corrected chi connectivity index (χ0v) is 17.2. The zero-order valence-electron chi connectivity index (χ0n) is 17.2. The number of pyridine rings is 1. The van der Waals surface area contributed by atoms with E-state index in [9.17, 15) is 9.59 Å². The van der Waals surface area contributed by atoms with E-state index in [2.05, 4.69) is 15.5 Å². The van der Waals surface area contributed by atoms with Crippen LogP contribution in [0.1, 0.15) is 16.1 Å². The summed E-state index contributed by atoms with van der Waals surface area (Å²) in [7, 11) is 1.61. The minimum Gasteiger partial charge on any atom is -0.378 e. The van der Waals surface area contributed by atoms with Gasteiger partial charge in [0.05, 0.1) is 28.8 Å². The molecular weight excluding hydrogens is 406 g/mol. The number of carbonyl (C=O) groups excluding carboxylic acids is 1. The summed E-state index contributed by atoms with van der Waals surface area (Å²) >= 11 is 0. The summed E-state index contributed by atoms with van der Waals surface area (Å²) in [4.78, 5) is 30.1. The van der Waals surface area contributed by atoms with E-state index in [4.69, 9.17) is 4.74 Å². The quantitative estimate of drug-likeness (QED) is 0.467. The van der Waals surface area contributed by atoms with Gasteiger partial charge >= 0.3 is 0 Å². The Morgan fingerprint density at radius 1 is 1.03 bits per heavy atom. The van der Waals surface area contributed by atoms with Crippen LogP contribution in [0.15, 0.2) is 83.9 Å². The molecule has 1 N–H and O–H groups in total. The third-order valence-electron chi connectivity index (χ3n) is 5.19. The predicted molar refractivity (Wildman–Crippen MR) is 121 cm³/mol. The summed E-state index contributed by atoms with van der Waals surface area (Å²) in [5.74, 6) is -0.381. The first-order chi connectivity index (χ1) is 15.7. The largest absolute Gasteiger partial charge is 0.378 e. The van der Waals surface area contributed by atoms with Gasteiger partial charge in [0.25, 0.3) is 11.5 Å². The van der Waals surface area contributed by atoms with Crippen molar-refractivity contribution < 1.29 is 9.53 Å². The van der Waals surface area contributed by atoms with E-state index in [-0.39, 0.29) is 5.91 Å². The number of amides is 1. The topological polar surface area (TPSA) is 90.5 Å². The van der Waals surface area contributed by atoms with Crippen LogP contribution in [0.25, 0.3) is 27.7 Å². The fourth-order valence-electron chi connectivity index (χ4n) is 3.70. The maximum absolute atomic E-state index is 13.1. The molecule has 0 aliphatic heterocycles. The summed E-state index contributed by atoms with van der Waals surface area (Å²) < 4.78 is 8.15. The highest BCUT2D eigenvalue weighted by atomic mass is 16.5. The highest BCUT2D eigenvalue weighted by molar-refractivity contribution is 6.00. The molecule has 0 unspecified atom stereocenters. The highest BCUT2D eigenvalue weighted by Crippen LogP contribution is 2.29. The van der Waals surface area contributed by atoms with Crippen LogP contribution in [0.2, 0.25) is 0 Å². The molecule has 1 amide bonds. The smallest absolute Gasteiger partial charge is 0.280 e. The second-order valence-corrected chi connectivity index (χ2v) is 7.21. The van der Waals surface area contributed by atoms with E-state index in [1.165, 1.54) is 12.4 Å². The molecule has 0 aliphatic rings. The van der Waals surface area contributed by atoms with Crippen LogP contribution in [0, 0.1) is 0 Å². The summed E-state index contributed by atoms with van der Waals surface area (Å²) in [5, 5.41) is 5.01. The Morgan fingerprint density at radius 2 is 1.75 bits per heavy atom. The molecule has 2 aromatic carbocycles. The molecule has 32 heavy (non-hydrogen) atoms. The monoisotopic (exact) mass is 425 g/mol. The van der Waals surface area contributed by atoms with Crippen molar-refractivity contribution in [2.45, 2.75) is 6.61 Å². The molecule has 8 nitrogen and oxygen atoms in total. The van der Waals surface area contributed by atoms with Crippen LogP contribution in [0.5, 0.6) is 0 Å². The minimum atomic E-state index is -0.397. The van der Waals surface area contributed by atoms with Gasteiger partial charge in [-0.25, -0.2) is 14.2 Å². The van der Waals surface area contributed by atoms with Crippen molar-refractivity contribution in [2.75, 3.05) is 12.5 Å². The summed E-state index contributed by atoms with van der Waals surface area (Å²) in [5.41, 5.74) is 6.43. The predicted octanol–water partition coefficient (Wildman–Crippen LogP) is 3.24. The molecular formula is C24H19N5O3. The van der Waals surface area contributed by atoms with E-state index in [1.54, 1.807) is 42.0 Å². The number of hydrogen-bond acceptors (Lipinski definition) is 5. The lowest BCUT2D eigenvalue weighted by molar-refractivity contribution is 0.101. The molecule has 0 saturated heterocycles. The number of hydrogen-bond donors (Lipinski definition) is 1. The van der Waals surface area contributed by atoms with Crippen LogP contribution in [0.3, 0.4) is 0 Å². The van der Waals surface area contributed by atoms with Gasteiger partial charge in [-0.2, -0.15) is 5.10 Å². The Morgan fingerprint density at radius 3 is 2.47 bits per heavy atom. The van der Waals surface area contributed by atoms with Crippen LogP contribution in [0.4, 0.5) is 0 Å². The Balaban J connectivity index is 1.64. The zero-order chi connectivity index (χ0) is 22.1. The van der Waals surface area contributed by atoms with Crippen molar-refractivity contribution in [1.82, 2.24) is 19.3 Å². The van der Waals surface area contributed by atoms with Gasteiger partial charge in [-0.15, -0.1) is 0 Å². The first-order valence-electron chi connectivity index (χ1n) is 10.00. The Kier molecular flexibility index (Phi) is 4.97. The van der Waals surface area contributed by atoms with Gasteiger partial charge in [0.1, 0.15) is 0 Å². The molecule has 8 heteroatoms. The Labute approximate surface area is 182 Å². The third kappa shape index (κ3) is 3.32. The maximum atomic E-state index is 13.1. The van der Waals surface area contributed by atoms with E-state index in [0.29, 0.717) is 28.7 Å². The SMILES string of the molecule is COCc1nn2c(ncc3c(=O)n(NC(=O)c4ccccc4)ccc32)c1-c1ccccc1. The molecule has 0 aliphatic carbocycles. The molecule has 5 aromatic rings. The van der Waals surface area contributed by atoms with Gasteiger partial charge in [-0.1, -0.05) is 48.5 Å². The average Bonchev–Trinajstić information content (AvgIpc) is 3.20. The van der Waals surface area contributed by atoms with Crippen LogP contribution in [-0.4, -0.2) is 32.3 Å². The number of methoxy groups -OCH3 is 1. The lowest BCUT2D eigenvalue weighted by Crippen LogP contribution is -2.32. The van der Waals surface area contributed by atoms with Crippen molar-refractivity contribution in [2.24, 2.45) is 0 Å². The lowest BCUT2D eigenvalue weighted by Gasteiger charge is -2.09. The lowest BCUT2D eigenvalue weighted by atomic mass is 10.1. The molecule has 0 fully saturated rings. The molecule has 0 bridgehead atoms. The molecule has 0 spiro atoms. The van der Waals surface area contributed by atoms with Crippen LogP contribution in [-0.2, 0) is 11.3 Å². The number of fused-ring (bicyclic) bond motifs is 3. The third-order valence-corrected chi connectivity index (χ3v) is 5.19. The van der Waals surface area contributed by atoms with E-state index in [0.717, 1.165) is 21.5 Å². The van der Waals surface area contributed by atoms with Crippen LogP contribution >= 0.6 is 0 Å². The normalized spacial score (nSPS) is 11.2. The molecule has 0 saturated carbocycles. The first-order valence-corrected chi connectivity index (χ1v) is 10.00. The van der Waals surface area contributed by atoms with Gasteiger partial charge in [0.15, 0.2) is 5.65 Å². The van der Waals surface area contributed by atoms with Crippen molar-refractivity contribution in [3.05, 3.63) is 101 Å². The standard InChI is InChI=1S/C24H19N5O3/c1-32-15-19-21(16-8-4-2-5-9-16)22-25-14-18-20(29(22)26-19)12-13-28(24(18)31)27-23(30)17-10-6-3-7-11-17/h2-14H,15H2,1H3,(H,27,30). The van der Waals surface area contributed by atoms with Gasteiger partial charge in [0, 0.05) is 25.1 Å². The molecule has 158 valence electrons. The Bertz CT molecular complexity index is 1490. The number of carbonyl (C=O) groups is 1. The van der Waals surface area contributed by atoms with E-state index in [1.807, 2.05) is 36.4 Å². The number of ether oxygens (including phenoxy) is 1. The molecule has 0 radical (unpaired) electrons. The molecule has 3 aromatic heterocycles. The number of rotatable bonds is 5. The maximum Gasteiger partial charge on any atom is 0.280 e. The van der Waals surface area contributed by atoms with Crippen molar-refractivity contribution in [3.63, 3.8) is 0 Å². The molecule has 0 atom stereocenters. The number of nitrogens with one attached hydrogen (secondary N) is 1. The van der Waals surface area contributed by atoms with Crippen molar-refractivity contribution in [1.29, 1.82) is 0 Å². The molecule has 5 rings (SSSR count). The second kappa shape index (κ2) is 8.09. The number of aromatic nitrogens is 4. The molecule has 3 heterocycles. The van der Waals surface area contributed by atoms with E-state index >= 15 is 0 Å². The van der Waals surface area contributed by atoms with E-state index < -0.39 is 5.56 Å². The summed E-state index contributed by atoms with van der Waals surface area (Å²) in [6, 6.07) is 20.2. The summed E-state index contributed by atoms with van der Waals surface area (Å²) in [6.07, 6.45) is 3.04. The minimum absolute atomic E-state index is 0.305. The fourth-order valence-corrected chi connectivity index (χ4v) is 3.70. The van der Waals surface area contributed by atoms with Crippen LogP contribution < -0.4 is 11.0 Å². The van der Waals surface area contributed by atoms with Gasteiger partial charge in [-0.05, 0) is 23.8 Å².